The van der Waals surface area contributed by atoms with Crippen LogP contribution in [0.25, 0.3) is 0 Å². The van der Waals surface area contributed by atoms with E-state index >= 15 is 0 Å². The highest BCUT2D eigenvalue weighted by molar-refractivity contribution is 5.76. The van der Waals surface area contributed by atoms with Crippen molar-refractivity contribution >= 4 is 11.8 Å². The molecule has 2 amide bonds. The standard InChI is InChI=1S/C46H80N4O2/c1-3-5-7-9-11-13-15-17-19-21-23-25-27-29-31-35-45(51)47-37-33-39-49-41-43-50(44-42-49)40-34-38-48-46(52)36-32-30-28-26-24-22-20-18-16-14-12-10-8-6-4-2/h5-8,11-14,17-20H,3-4,9-10,15-16,21-44H2,1-2H3,(H,47,51)(H,48,52)/b7-5-,8-6-,13-11-,14-12-,19-17-,20-18-. The van der Waals surface area contributed by atoms with Gasteiger partial charge in [-0.2, -0.15) is 0 Å². The second-order valence-electron chi connectivity index (χ2n) is 14.3. The summed E-state index contributed by atoms with van der Waals surface area (Å²) in [4.78, 5) is 29.5. The van der Waals surface area contributed by atoms with Crippen LogP contribution in [0.2, 0.25) is 0 Å². The van der Waals surface area contributed by atoms with Crippen molar-refractivity contribution in [3.8, 4) is 0 Å². The second kappa shape index (κ2) is 38.0. The van der Waals surface area contributed by atoms with Crippen molar-refractivity contribution in [1.82, 2.24) is 20.4 Å². The highest BCUT2D eigenvalue weighted by Gasteiger charge is 2.16. The molecular weight excluding hydrogens is 641 g/mol. The normalized spacial score (nSPS) is 14.8. The Morgan fingerprint density at radius 3 is 1.13 bits per heavy atom. The topological polar surface area (TPSA) is 64.7 Å². The molecule has 0 bridgehead atoms. The van der Waals surface area contributed by atoms with E-state index in [2.05, 4.69) is 107 Å². The molecule has 6 nitrogen and oxygen atoms in total. The molecule has 1 fully saturated rings. The zero-order valence-electron chi connectivity index (χ0n) is 33.9. The summed E-state index contributed by atoms with van der Waals surface area (Å²) < 4.78 is 0. The highest BCUT2D eigenvalue weighted by Crippen LogP contribution is 2.10. The van der Waals surface area contributed by atoms with E-state index in [1.165, 1.54) is 38.5 Å². The Morgan fingerprint density at radius 2 is 0.750 bits per heavy atom. The molecule has 0 aromatic heterocycles. The number of hydrogen-bond acceptors (Lipinski definition) is 4. The molecule has 6 heteroatoms. The number of allylic oxidation sites excluding steroid dienone is 12. The molecule has 0 radical (unpaired) electrons. The SMILES string of the molecule is CC/C=C\C/C=C\C/C=C\CCCCCCCC(=O)NCCCN1CCN(CCCNC(=O)CCCCCCC/C=C\C/C=C\C/C=C\CC)CC1. The number of amides is 2. The van der Waals surface area contributed by atoms with Crippen molar-refractivity contribution in [3.63, 3.8) is 0 Å². The van der Waals surface area contributed by atoms with Gasteiger partial charge in [-0.05, 0) is 103 Å². The Kier molecular flexibility index (Phi) is 34.6. The van der Waals surface area contributed by atoms with E-state index in [0.29, 0.717) is 12.8 Å². The lowest BCUT2D eigenvalue weighted by molar-refractivity contribution is -0.122. The molecule has 52 heavy (non-hydrogen) atoms. The van der Waals surface area contributed by atoms with E-state index in [0.717, 1.165) is 142 Å². The number of piperazine rings is 1. The summed E-state index contributed by atoms with van der Waals surface area (Å²) >= 11 is 0. The molecule has 0 aliphatic carbocycles. The van der Waals surface area contributed by atoms with Crippen LogP contribution in [0.15, 0.2) is 72.9 Å². The predicted octanol–water partition coefficient (Wildman–Crippen LogP) is 10.8. The summed E-state index contributed by atoms with van der Waals surface area (Å²) in [6.45, 7) is 12.4. The fourth-order valence-electron chi connectivity index (χ4n) is 6.28. The van der Waals surface area contributed by atoms with Crippen molar-refractivity contribution in [2.24, 2.45) is 0 Å². The second-order valence-corrected chi connectivity index (χ2v) is 14.3. The maximum absolute atomic E-state index is 12.2. The molecule has 0 unspecified atom stereocenters. The van der Waals surface area contributed by atoms with Gasteiger partial charge >= 0.3 is 0 Å². The highest BCUT2D eigenvalue weighted by atomic mass is 16.2. The zero-order chi connectivity index (χ0) is 37.4. The monoisotopic (exact) mass is 721 g/mol. The fourth-order valence-corrected chi connectivity index (χ4v) is 6.28. The van der Waals surface area contributed by atoms with Crippen LogP contribution in [0.3, 0.4) is 0 Å². The number of nitrogens with one attached hydrogen (secondary N) is 2. The zero-order valence-corrected chi connectivity index (χ0v) is 33.9. The molecule has 1 rings (SSSR count). The third-order valence-corrected chi connectivity index (χ3v) is 9.52. The molecule has 0 aromatic rings. The van der Waals surface area contributed by atoms with Crippen molar-refractivity contribution in [1.29, 1.82) is 0 Å². The summed E-state index contributed by atoms with van der Waals surface area (Å²) in [5, 5.41) is 6.26. The van der Waals surface area contributed by atoms with Crippen LogP contribution >= 0.6 is 0 Å². The third-order valence-electron chi connectivity index (χ3n) is 9.52. The van der Waals surface area contributed by atoms with Crippen LogP contribution in [0.5, 0.6) is 0 Å². The molecule has 0 spiro atoms. The molecule has 0 aromatic carbocycles. The maximum Gasteiger partial charge on any atom is 0.219 e. The van der Waals surface area contributed by atoms with Gasteiger partial charge in [0.1, 0.15) is 0 Å². The number of nitrogens with zero attached hydrogens (tertiary/aromatic N) is 2. The number of rotatable bonds is 34. The third kappa shape index (κ3) is 33.2. The molecule has 2 N–H and O–H groups in total. The Balaban J connectivity index is 1.86. The number of unbranched alkanes of at least 4 members (excludes halogenated alkanes) is 10. The number of carbonyl (C=O) groups excluding carboxylic acids is 2. The van der Waals surface area contributed by atoms with Crippen LogP contribution in [0, 0.1) is 0 Å². The van der Waals surface area contributed by atoms with Gasteiger partial charge in [0.25, 0.3) is 0 Å². The van der Waals surface area contributed by atoms with Gasteiger partial charge in [0, 0.05) is 52.1 Å². The van der Waals surface area contributed by atoms with E-state index in [4.69, 9.17) is 0 Å². The molecule has 1 heterocycles. The van der Waals surface area contributed by atoms with Crippen LogP contribution < -0.4 is 10.6 Å². The van der Waals surface area contributed by atoms with Crippen molar-refractivity contribution in [3.05, 3.63) is 72.9 Å². The number of hydrogen-bond donors (Lipinski definition) is 2. The average Bonchev–Trinajstić information content (AvgIpc) is 3.15. The molecule has 0 saturated carbocycles. The first-order valence-electron chi connectivity index (χ1n) is 21.5. The molecule has 1 saturated heterocycles. The van der Waals surface area contributed by atoms with Gasteiger partial charge < -0.3 is 20.4 Å². The molecule has 1 aliphatic heterocycles. The first kappa shape index (κ1) is 47.3. The summed E-state index contributed by atoms with van der Waals surface area (Å²) in [5.74, 6) is 0.422. The van der Waals surface area contributed by atoms with E-state index in [1.54, 1.807) is 0 Å². The molecular formula is C46H80N4O2. The van der Waals surface area contributed by atoms with E-state index in [-0.39, 0.29) is 11.8 Å². The van der Waals surface area contributed by atoms with Crippen LogP contribution in [0.4, 0.5) is 0 Å². The van der Waals surface area contributed by atoms with Crippen LogP contribution in [-0.4, -0.2) is 74.0 Å². The lowest BCUT2D eigenvalue weighted by Crippen LogP contribution is -2.47. The van der Waals surface area contributed by atoms with Crippen molar-refractivity contribution in [2.45, 2.75) is 155 Å². The largest absolute Gasteiger partial charge is 0.356 e. The van der Waals surface area contributed by atoms with Gasteiger partial charge in [0.15, 0.2) is 0 Å². The van der Waals surface area contributed by atoms with E-state index < -0.39 is 0 Å². The minimum Gasteiger partial charge on any atom is -0.356 e. The fraction of sp³-hybridized carbons (Fsp3) is 0.696. The molecule has 0 atom stereocenters. The smallest absolute Gasteiger partial charge is 0.219 e. The van der Waals surface area contributed by atoms with Gasteiger partial charge in [-0.3, -0.25) is 9.59 Å². The Hall–Kier alpha value is -2.70. The lowest BCUT2D eigenvalue weighted by Gasteiger charge is -2.34. The Morgan fingerprint density at radius 1 is 0.423 bits per heavy atom. The van der Waals surface area contributed by atoms with Gasteiger partial charge in [0.05, 0.1) is 0 Å². The summed E-state index contributed by atoms with van der Waals surface area (Å²) in [5.41, 5.74) is 0. The van der Waals surface area contributed by atoms with Crippen LogP contribution in [-0.2, 0) is 9.59 Å². The van der Waals surface area contributed by atoms with Gasteiger partial charge in [-0.25, -0.2) is 0 Å². The minimum atomic E-state index is 0.211. The van der Waals surface area contributed by atoms with Gasteiger partial charge in [0.2, 0.25) is 11.8 Å². The molecule has 296 valence electrons. The van der Waals surface area contributed by atoms with E-state index in [1.807, 2.05) is 0 Å². The summed E-state index contributed by atoms with van der Waals surface area (Å²) in [6, 6.07) is 0. The van der Waals surface area contributed by atoms with Gasteiger partial charge in [-0.1, -0.05) is 125 Å². The Labute approximate surface area is 321 Å². The van der Waals surface area contributed by atoms with Crippen molar-refractivity contribution in [2.75, 3.05) is 52.4 Å². The first-order chi connectivity index (χ1) is 25.7. The Bertz CT molecular complexity index is 924. The van der Waals surface area contributed by atoms with Crippen LogP contribution in [0.1, 0.15) is 155 Å². The number of carbonyl (C=O) groups is 2. The van der Waals surface area contributed by atoms with E-state index in [9.17, 15) is 9.59 Å². The lowest BCUT2D eigenvalue weighted by atomic mass is 10.1. The summed E-state index contributed by atoms with van der Waals surface area (Å²) in [7, 11) is 0. The van der Waals surface area contributed by atoms with Crippen molar-refractivity contribution < 1.29 is 9.59 Å². The summed E-state index contributed by atoms with van der Waals surface area (Å²) in [6.07, 6.45) is 50.8. The molecule has 1 aliphatic rings. The van der Waals surface area contributed by atoms with Gasteiger partial charge in [-0.15, -0.1) is 0 Å². The average molecular weight is 721 g/mol. The quantitative estimate of drug-likeness (QED) is 0.0513. The maximum atomic E-state index is 12.2. The first-order valence-corrected chi connectivity index (χ1v) is 21.5. The minimum absolute atomic E-state index is 0.211. The predicted molar refractivity (Wildman–Crippen MR) is 227 cm³/mol.